The topological polar surface area (TPSA) is 108 Å². The van der Waals surface area contributed by atoms with E-state index < -0.39 is 5.56 Å². The molecule has 0 atom stereocenters. The zero-order valence-electron chi connectivity index (χ0n) is 11.0. The molecule has 0 saturated carbocycles. The third-order valence-electron chi connectivity index (χ3n) is 2.82. The van der Waals surface area contributed by atoms with Gasteiger partial charge in [-0.05, 0) is 12.1 Å². The fourth-order valence-corrected chi connectivity index (χ4v) is 2.01. The highest BCUT2D eigenvalue weighted by molar-refractivity contribution is 6.32. The number of nitrogens with two attached hydrogens (primary N) is 1. The van der Waals surface area contributed by atoms with E-state index in [4.69, 9.17) is 22.5 Å². The molecule has 0 spiro atoms. The van der Waals surface area contributed by atoms with Gasteiger partial charge in [-0.15, -0.1) is 0 Å². The molecule has 0 unspecified atom stereocenters. The third kappa shape index (κ3) is 3.51. The molecule has 0 radical (unpaired) electrons. The van der Waals surface area contributed by atoms with E-state index in [1.54, 1.807) is 4.90 Å². The monoisotopic (exact) mass is 307 g/mol. The molecular weight excluding hydrogens is 294 g/mol. The average molecular weight is 308 g/mol. The van der Waals surface area contributed by atoms with Gasteiger partial charge in [-0.25, -0.2) is 4.98 Å². The van der Waals surface area contributed by atoms with E-state index in [9.17, 15) is 4.79 Å². The second-order valence-corrected chi connectivity index (χ2v) is 4.58. The van der Waals surface area contributed by atoms with Crippen LogP contribution in [-0.4, -0.2) is 27.6 Å². The first-order chi connectivity index (χ1) is 10.1. The molecule has 4 N–H and O–H groups in total. The van der Waals surface area contributed by atoms with Gasteiger partial charge in [-0.2, -0.15) is 0 Å². The van der Waals surface area contributed by atoms with Crippen LogP contribution < -0.4 is 16.2 Å². The summed E-state index contributed by atoms with van der Waals surface area (Å²) in [4.78, 5) is 19.9. The number of amidine groups is 1. The van der Waals surface area contributed by atoms with Crippen LogP contribution in [0.2, 0.25) is 5.02 Å². The first-order valence-electron chi connectivity index (χ1n) is 6.15. The lowest BCUT2D eigenvalue weighted by atomic mass is 10.2. The molecule has 0 aliphatic heterocycles. The predicted octanol–water partition coefficient (Wildman–Crippen LogP) is 1.70. The molecule has 1 heterocycles. The SMILES string of the molecule is N/C(CCN(c1ccccc1)c1nc[nH]c(=O)c1Cl)=N/O. The zero-order valence-corrected chi connectivity index (χ0v) is 11.8. The van der Waals surface area contributed by atoms with Crippen molar-refractivity contribution >= 4 is 28.9 Å². The van der Waals surface area contributed by atoms with Gasteiger partial charge in [-0.1, -0.05) is 35.0 Å². The number of oxime groups is 1. The van der Waals surface area contributed by atoms with E-state index in [0.29, 0.717) is 12.4 Å². The summed E-state index contributed by atoms with van der Waals surface area (Å²) >= 11 is 6.03. The third-order valence-corrected chi connectivity index (χ3v) is 3.16. The second kappa shape index (κ2) is 6.76. The molecule has 21 heavy (non-hydrogen) atoms. The van der Waals surface area contributed by atoms with E-state index >= 15 is 0 Å². The molecule has 0 amide bonds. The summed E-state index contributed by atoms with van der Waals surface area (Å²) in [5.41, 5.74) is 5.87. The van der Waals surface area contributed by atoms with Gasteiger partial charge in [-0.3, -0.25) is 4.79 Å². The number of halogens is 1. The van der Waals surface area contributed by atoms with Crippen LogP contribution in [0.15, 0.2) is 46.6 Å². The van der Waals surface area contributed by atoms with Crippen LogP contribution in [0.1, 0.15) is 6.42 Å². The van der Waals surface area contributed by atoms with Crippen molar-refractivity contribution in [3.05, 3.63) is 52.0 Å². The second-order valence-electron chi connectivity index (χ2n) is 4.20. The number of aromatic nitrogens is 2. The number of anilines is 2. The maximum Gasteiger partial charge on any atom is 0.271 e. The Labute approximate surface area is 125 Å². The Balaban J connectivity index is 2.41. The lowest BCUT2D eigenvalue weighted by Crippen LogP contribution is -2.26. The van der Waals surface area contributed by atoms with Crippen molar-refractivity contribution < 1.29 is 5.21 Å². The van der Waals surface area contributed by atoms with Crippen LogP contribution in [-0.2, 0) is 0 Å². The number of aromatic amines is 1. The number of benzene rings is 1. The standard InChI is InChI=1S/C13H14ClN5O2/c14-11-12(16-8-17-13(11)20)19(7-6-10(15)18-21)9-4-2-1-3-5-9/h1-5,8,21H,6-7H2,(H2,15,18)(H,16,17,20). The van der Waals surface area contributed by atoms with Crippen molar-refractivity contribution in [2.45, 2.75) is 6.42 Å². The van der Waals surface area contributed by atoms with E-state index in [1.165, 1.54) is 6.33 Å². The van der Waals surface area contributed by atoms with Crippen molar-refractivity contribution in [2.75, 3.05) is 11.4 Å². The Bertz CT molecular complexity index is 686. The molecule has 7 nitrogen and oxygen atoms in total. The van der Waals surface area contributed by atoms with Gasteiger partial charge in [0.25, 0.3) is 5.56 Å². The fourth-order valence-electron chi connectivity index (χ4n) is 1.80. The summed E-state index contributed by atoms with van der Waals surface area (Å²) in [6, 6.07) is 9.29. The predicted molar refractivity (Wildman–Crippen MR) is 81.3 cm³/mol. The first kappa shape index (κ1) is 14.9. The minimum atomic E-state index is -0.425. The van der Waals surface area contributed by atoms with E-state index in [1.807, 2.05) is 30.3 Å². The highest BCUT2D eigenvalue weighted by atomic mass is 35.5. The van der Waals surface area contributed by atoms with Crippen LogP contribution in [0.4, 0.5) is 11.5 Å². The molecular formula is C13H14ClN5O2. The van der Waals surface area contributed by atoms with Crippen LogP contribution in [0.25, 0.3) is 0 Å². The van der Waals surface area contributed by atoms with Gasteiger partial charge >= 0.3 is 0 Å². The van der Waals surface area contributed by atoms with Crippen LogP contribution in [0, 0.1) is 0 Å². The Morgan fingerprint density at radius 2 is 2.14 bits per heavy atom. The quantitative estimate of drug-likeness (QED) is 0.337. The number of nitrogens with one attached hydrogen (secondary N) is 1. The minimum absolute atomic E-state index is 0.0131. The Morgan fingerprint density at radius 3 is 2.81 bits per heavy atom. The molecule has 110 valence electrons. The molecule has 1 aromatic carbocycles. The highest BCUT2D eigenvalue weighted by Gasteiger charge is 2.16. The van der Waals surface area contributed by atoms with Crippen LogP contribution >= 0.6 is 11.6 Å². The maximum atomic E-state index is 11.6. The average Bonchev–Trinajstić information content (AvgIpc) is 2.52. The Morgan fingerprint density at radius 1 is 1.43 bits per heavy atom. The van der Waals surface area contributed by atoms with Gasteiger partial charge in [0.05, 0.1) is 6.33 Å². The molecule has 0 aliphatic rings. The van der Waals surface area contributed by atoms with Crippen molar-refractivity contribution in [3.63, 3.8) is 0 Å². The summed E-state index contributed by atoms with van der Waals surface area (Å²) in [5.74, 6) is 0.397. The number of hydrogen-bond donors (Lipinski definition) is 3. The van der Waals surface area contributed by atoms with Gasteiger partial charge in [0.1, 0.15) is 10.9 Å². The first-order valence-corrected chi connectivity index (χ1v) is 6.53. The van der Waals surface area contributed by atoms with Gasteiger partial charge in [0.2, 0.25) is 0 Å². The molecule has 2 aromatic rings. The largest absolute Gasteiger partial charge is 0.409 e. The van der Waals surface area contributed by atoms with Crippen molar-refractivity contribution in [2.24, 2.45) is 10.9 Å². The maximum absolute atomic E-state index is 11.6. The molecule has 0 bridgehead atoms. The number of hydrogen-bond acceptors (Lipinski definition) is 5. The van der Waals surface area contributed by atoms with Crippen LogP contribution in [0.5, 0.6) is 0 Å². The normalized spacial score (nSPS) is 11.4. The van der Waals surface area contributed by atoms with Gasteiger partial charge in [0.15, 0.2) is 5.82 Å². The highest BCUT2D eigenvalue weighted by Crippen LogP contribution is 2.27. The van der Waals surface area contributed by atoms with Crippen molar-refractivity contribution in [1.82, 2.24) is 9.97 Å². The number of para-hydroxylation sites is 1. The molecule has 0 saturated heterocycles. The lowest BCUT2D eigenvalue weighted by molar-refractivity contribution is 0.317. The summed E-state index contributed by atoms with van der Waals surface area (Å²) < 4.78 is 0. The minimum Gasteiger partial charge on any atom is -0.409 e. The van der Waals surface area contributed by atoms with Crippen molar-refractivity contribution in [1.29, 1.82) is 0 Å². The molecule has 1 aromatic heterocycles. The zero-order chi connectivity index (χ0) is 15.2. The lowest BCUT2D eigenvalue weighted by Gasteiger charge is -2.24. The summed E-state index contributed by atoms with van der Waals surface area (Å²) in [7, 11) is 0. The molecule has 2 rings (SSSR count). The molecule has 0 fully saturated rings. The van der Waals surface area contributed by atoms with Crippen molar-refractivity contribution in [3.8, 4) is 0 Å². The summed E-state index contributed by atoms with van der Waals surface area (Å²) in [6.45, 7) is 0.357. The number of rotatable bonds is 5. The van der Waals surface area contributed by atoms with Crippen LogP contribution in [0.3, 0.4) is 0 Å². The van der Waals surface area contributed by atoms with Gasteiger partial charge < -0.3 is 20.8 Å². The van der Waals surface area contributed by atoms with E-state index in [-0.39, 0.29) is 17.3 Å². The number of nitrogens with zero attached hydrogens (tertiary/aromatic N) is 3. The Hall–Kier alpha value is -2.54. The fraction of sp³-hybridized carbons (Fsp3) is 0.154. The molecule has 0 aliphatic carbocycles. The number of H-pyrrole nitrogens is 1. The summed E-state index contributed by atoms with van der Waals surface area (Å²) in [5, 5.41) is 11.6. The van der Waals surface area contributed by atoms with E-state index in [2.05, 4.69) is 15.1 Å². The Kier molecular flexibility index (Phi) is 4.78. The summed E-state index contributed by atoms with van der Waals surface area (Å²) in [6.07, 6.45) is 1.57. The van der Waals surface area contributed by atoms with E-state index in [0.717, 1.165) is 5.69 Å². The van der Waals surface area contributed by atoms with Gasteiger partial charge in [0, 0.05) is 18.7 Å². The smallest absolute Gasteiger partial charge is 0.271 e. The molecule has 8 heteroatoms.